The Bertz CT molecular complexity index is 439. The van der Waals surface area contributed by atoms with Gasteiger partial charge in [-0.2, -0.15) is 0 Å². The van der Waals surface area contributed by atoms with E-state index in [1.807, 2.05) is 0 Å². The van der Waals surface area contributed by atoms with Crippen LogP contribution >= 0.6 is 0 Å². The van der Waals surface area contributed by atoms with Crippen molar-refractivity contribution in [2.24, 2.45) is 0 Å². The predicted octanol–water partition coefficient (Wildman–Crippen LogP) is 1.99. The summed E-state index contributed by atoms with van der Waals surface area (Å²) in [6.07, 6.45) is 2.09. The first-order valence-corrected chi connectivity index (χ1v) is 6.31. The van der Waals surface area contributed by atoms with Gasteiger partial charge in [0, 0.05) is 14.1 Å². The normalized spacial score (nSPS) is 16.6. The van der Waals surface area contributed by atoms with Gasteiger partial charge in [0.05, 0.1) is 5.56 Å². The molecular weight excluding hydrogens is 231 g/mol. The van der Waals surface area contributed by atoms with Gasteiger partial charge in [-0.1, -0.05) is 6.07 Å². The summed E-state index contributed by atoms with van der Waals surface area (Å²) in [5.74, 6) is -0.282. The lowest BCUT2D eigenvalue weighted by Gasteiger charge is -2.23. The summed E-state index contributed by atoms with van der Waals surface area (Å²) in [6.45, 7) is 1.97. The average molecular weight is 250 g/mol. The Labute approximate surface area is 107 Å². The molecule has 1 saturated heterocycles. The molecule has 0 unspecified atom stereocenters. The van der Waals surface area contributed by atoms with Gasteiger partial charge in [0.2, 0.25) is 0 Å². The van der Waals surface area contributed by atoms with Gasteiger partial charge in [0.25, 0.3) is 5.91 Å². The topological polar surface area (TPSA) is 32.3 Å². The van der Waals surface area contributed by atoms with Crippen molar-refractivity contribution in [3.63, 3.8) is 0 Å². The van der Waals surface area contributed by atoms with Crippen LogP contribution in [0.2, 0.25) is 0 Å². The number of hydrogen-bond acceptors (Lipinski definition) is 2. The Morgan fingerprint density at radius 1 is 1.33 bits per heavy atom. The minimum absolute atomic E-state index is 0.177. The van der Waals surface area contributed by atoms with Gasteiger partial charge in [-0.25, -0.2) is 4.39 Å². The van der Waals surface area contributed by atoms with Gasteiger partial charge >= 0.3 is 0 Å². The molecule has 0 saturated carbocycles. The van der Waals surface area contributed by atoms with Crippen LogP contribution in [0.15, 0.2) is 18.2 Å². The number of rotatable bonds is 2. The van der Waals surface area contributed by atoms with Gasteiger partial charge in [-0.05, 0) is 49.5 Å². The highest BCUT2D eigenvalue weighted by molar-refractivity contribution is 5.94. The minimum Gasteiger partial charge on any atom is -0.345 e. The SMILES string of the molecule is CN(C)C(=O)c1cc(C2CCNCC2)ccc1F. The molecule has 0 bridgehead atoms. The summed E-state index contributed by atoms with van der Waals surface area (Å²) >= 11 is 0. The van der Waals surface area contributed by atoms with E-state index in [0.29, 0.717) is 5.92 Å². The molecule has 0 aliphatic carbocycles. The van der Waals surface area contributed by atoms with E-state index in [0.717, 1.165) is 31.5 Å². The molecule has 0 spiro atoms. The van der Waals surface area contributed by atoms with Crippen LogP contribution in [-0.4, -0.2) is 38.0 Å². The monoisotopic (exact) mass is 250 g/mol. The zero-order chi connectivity index (χ0) is 13.1. The minimum atomic E-state index is -0.439. The fourth-order valence-electron chi connectivity index (χ4n) is 2.36. The van der Waals surface area contributed by atoms with Crippen molar-refractivity contribution in [2.75, 3.05) is 27.2 Å². The molecule has 0 atom stereocenters. The molecule has 1 N–H and O–H groups in total. The first kappa shape index (κ1) is 13.0. The standard InChI is InChI=1S/C14H19FN2O/c1-17(2)14(18)12-9-11(3-4-13(12)15)10-5-7-16-8-6-10/h3-4,9-10,16H,5-8H2,1-2H3. The maximum atomic E-state index is 13.7. The second-order valence-electron chi connectivity index (χ2n) is 4.96. The highest BCUT2D eigenvalue weighted by Crippen LogP contribution is 2.26. The quantitative estimate of drug-likeness (QED) is 0.870. The number of nitrogens with zero attached hydrogens (tertiary/aromatic N) is 1. The zero-order valence-corrected chi connectivity index (χ0v) is 10.9. The van der Waals surface area contributed by atoms with Gasteiger partial charge in [-0.3, -0.25) is 4.79 Å². The summed E-state index contributed by atoms with van der Waals surface area (Å²) in [4.78, 5) is 13.3. The molecule has 1 aliphatic heterocycles. The molecule has 1 amide bonds. The third-order valence-electron chi connectivity index (χ3n) is 3.44. The largest absolute Gasteiger partial charge is 0.345 e. The van der Waals surface area contributed by atoms with Gasteiger partial charge in [-0.15, -0.1) is 0 Å². The number of carbonyl (C=O) groups is 1. The lowest BCUT2D eigenvalue weighted by atomic mass is 9.89. The van der Waals surface area contributed by atoms with Gasteiger partial charge in [0.1, 0.15) is 5.82 Å². The maximum absolute atomic E-state index is 13.7. The summed E-state index contributed by atoms with van der Waals surface area (Å²) in [6, 6.07) is 4.93. The molecule has 3 nitrogen and oxygen atoms in total. The van der Waals surface area contributed by atoms with Crippen molar-refractivity contribution in [1.82, 2.24) is 10.2 Å². The van der Waals surface area contributed by atoms with E-state index in [9.17, 15) is 9.18 Å². The van der Waals surface area contributed by atoms with E-state index in [1.165, 1.54) is 11.0 Å². The smallest absolute Gasteiger partial charge is 0.256 e. The predicted molar refractivity (Wildman–Crippen MR) is 69.3 cm³/mol. The summed E-state index contributed by atoms with van der Waals surface area (Å²) in [5, 5.41) is 3.30. The molecule has 0 radical (unpaired) electrons. The van der Waals surface area contributed by atoms with Crippen LogP contribution in [0.4, 0.5) is 4.39 Å². The molecule has 4 heteroatoms. The molecule has 98 valence electrons. The van der Waals surface area contributed by atoms with Crippen LogP contribution in [0.25, 0.3) is 0 Å². The lowest BCUT2D eigenvalue weighted by molar-refractivity contribution is 0.0823. The summed E-state index contributed by atoms with van der Waals surface area (Å²) in [7, 11) is 3.28. The lowest BCUT2D eigenvalue weighted by Crippen LogP contribution is -2.27. The molecule has 18 heavy (non-hydrogen) atoms. The van der Waals surface area contributed by atoms with Crippen molar-refractivity contribution in [3.05, 3.63) is 35.1 Å². The van der Waals surface area contributed by atoms with E-state index in [4.69, 9.17) is 0 Å². The molecule has 1 fully saturated rings. The molecule has 2 rings (SSSR count). The van der Waals surface area contributed by atoms with Crippen molar-refractivity contribution in [1.29, 1.82) is 0 Å². The number of halogens is 1. The van der Waals surface area contributed by atoms with Crippen LogP contribution in [0, 0.1) is 5.82 Å². The van der Waals surface area contributed by atoms with Crippen molar-refractivity contribution < 1.29 is 9.18 Å². The van der Waals surface area contributed by atoms with Gasteiger partial charge < -0.3 is 10.2 Å². The van der Waals surface area contributed by atoms with E-state index >= 15 is 0 Å². The van der Waals surface area contributed by atoms with Crippen LogP contribution in [-0.2, 0) is 0 Å². The number of benzene rings is 1. The Kier molecular flexibility index (Phi) is 3.97. The van der Waals surface area contributed by atoms with E-state index in [1.54, 1.807) is 26.2 Å². The highest BCUT2D eigenvalue weighted by atomic mass is 19.1. The molecule has 1 aromatic rings. The fraction of sp³-hybridized carbons (Fsp3) is 0.500. The number of nitrogens with one attached hydrogen (secondary N) is 1. The second kappa shape index (κ2) is 5.48. The number of amides is 1. The molecular formula is C14H19FN2O. The third-order valence-corrected chi connectivity index (χ3v) is 3.44. The second-order valence-corrected chi connectivity index (χ2v) is 4.96. The van der Waals surface area contributed by atoms with E-state index < -0.39 is 5.82 Å². The first-order chi connectivity index (χ1) is 8.59. The highest BCUT2D eigenvalue weighted by Gasteiger charge is 2.19. The van der Waals surface area contributed by atoms with E-state index in [-0.39, 0.29) is 11.5 Å². The Balaban J connectivity index is 2.28. The maximum Gasteiger partial charge on any atom is 0.256 e. The Hall–Kier alpha value is -1.42. The van der Waals surface area contributed by atoms with Crippen molar-refractivity contribution >= 4 is 5.91 Å². The number of hydrogen-bond donors (Lipinski definition) is 1. The Morgan fingerprint density at radius 3 is 2.61 bits per heavy atom. The number of piperidine rings is 1. The van der Waals surface area contributed by atoms with Gasteiger partial charge in [0.15, 0.2) is 0 Å². The third kappa shape index (κ3) is 2.70. The van der Waals surface area contributed by atoms with Crippen molar-refractivity contribution in [2.45, 2.75) is 18.8 Å². The van der Waals surface area contributed by atoms with Crippen molar-refractivity contribution in [3.8, 4) is 0 Å². The Morgan fingerprint density at radius 2 is 2.00 bits per heavy atom. The molecule has 1 heterocycles. The molecule has 0 aromatic heterocycles. The van der Waals surface area contributed by atoms with Crippen LogP contribution in [0.5, 0.6) is 0 Å². The molecule has 1 aromatic carbocycles. The van der Waals surface area contributed by atoms with Crippen LogP contribution in [0.1, 0.15) is 34.7 Å². The van der Waals surface area contributed by atoms with E-state index in [2.05, 4.69) is 5.32 Å². The average Bonchev–Trinajstić information content (AvgIpc) is 2.39. The molecule has 1 aliphatic rings. The zero-order valence-electron chi connectivity index (χ0n) is 10.9. The summed E-state index contributed by atoms with van der Waals surface area (Å²) < 4.78 is 13.7. The fourth-order valence-corrected chi connectivity index (χ4v) is 2.36. The first-order valence-electron chi connectivity index (χ1n) is 6.31. The summed E-state index contributed by atoms with van der Waals surface area (Å²) in [5.41, 5.74) is 1.25. The van der Waals surface area contributed by atoms with Crippen LogP contribution < -0.4 is 5.32 Å². The van der Waals surface area contributed by atoms with Crippen LogP contribution in [0.3, 0.4) is 0 Å². The number of carbonyl (C=O) groups excluding carboxylic acids is 1.